The Morgan fingerprint density at radius 3 is 2.41 bits per heavy atom. The molecule has 5 aliphatic rings. The van der Waals surface area contributed by atoms with E-state index in [9.17, 15) is 10.2 Å². The van der Waals surface area contributed by atoms with E-state index in [0.29, 0.717) is 23.2 Å². The average molecular weight is 371 g/mol. The minimum absolute atomic E-state index is 0.201. The van der Waals surface area contributed by atoms with E-state index < -0.39 is 0 Å². The summed E-state index contributed by atoms with van der Waals surface area (Å²) in [5.41, 5.74) is 3.66. The summed E-state index contributed by atoms with van der Waals surface area (Å²) >= 11 is 0. The van der Waals surface area contributed by atoms with Gasteiger partial charge in [0.1, 0.15) is 0 Å². The van der Waals surface area contributed by atoms with Gasteiger partial charge in [0.15, 0.2) is 0 Å². The summed E-state index contributed by atoms with van der Waals surface area (Å²) in [5.74, 6) is 2.43. The van der Waals surface area contributed by atoms with Crippen LogP contribution in [0.4, 0.5) is 0 Å². The predicted octanol–water partition coefficient (Wildman–Crippen LogP) is 5.40. The molecule has 0 aromatic rings. The van der Waals surface area contributed by atoms with Crippen molar-refractivity contribution in [2.24, 2.45) is 34.5 Å². The van der Waals surface area contributed by atoms with Crippen molar-refractivity contribution in [2.45, 2.75) is 96.7 Å². The van der Waals surface area contributed by atoms with Crippen LogP contribution in [0.5, 0.6) is 0 Å². The van der Waals surface area contributed by atoms with E-state index in [0.717, 1.165) is 25.2 Å². The Morgan fingerprint density at radius 2 is 1.63 bits per heavy atom. The molecular formula is C25H38O2. The third kappa shape index (κ3) is 2.65. The van der Waals surface area contributed by atoms with Crippen molar-refractivity contribution in [1.29, 1.82) is 0 Å². The summed E-state index contributed by atoms with van der Waals surface area (Å²) in [4.78, 5) is 0. The highest BCUT2D eigenvalue weighted by atomic mass is 16.3. The second kappa shape index (κ2) is 6.46. The smallest absolute Gasteiger partial charge is 0.0757 e. The molecule has 5 aliphatic carbocycles. The quantitative estimate of drug-likeness (QED) is 0.607. The summed E-state index contributed by atoms with van der Waals surface area (Å²) in [6, 6.07) is 0. The third-order valence-corrected chi connectivity index (χ3v) is 9.79. The fourth-order valence-electron chi connectivity index (χ4n) is 8.28. The van der Waals surface area contributed by atoms with Gasteiger partial charge in [-0.25, -0.2) is 0 Å². The van der Waals surface area contributed by atoms with Crippen LogP contribution in [-0.4, -0.2) is 22.4 Å². The molecule has 0 heterocycles. The van der Waals surface area contributed by atoms with E-state index >= 15 is 0 Å². The second-order valence-corrected chi connectivity index (χ2v) is 11.0. The van der Waals surface area contributed by atoms with Gasteiger partial charge in [0, 0.05) is 0 Å². The number of allylic oxidation sites excluding steroid dienone is 2. The van der Waals surface area contributed by atoms with Crippen molar-refractivity contribution < 1.29 is 10.2 Å². The number of hydrogen-bond acceptors (Lipinski definition) is 2. The Balaban J connectivity index is 1.46. The van der Waals surface area contributed by atoms with Gasteiger partial charge in [-0.05, 0) is 85.9 Å². The topological polar surface area (TPSA) is 40.5 Å². The maximum absolute atomic E-state index is 11.2. The molecule has 0 amide bonds. The standard InChI is InChI=1S/C25H38O2/c1-24-12-10-18(26)14-17(24)15-22(27)23-20-9-8-19(16-6-4-3-5-7-16)25(20,2)13-11-21(23)24/h8,15-16,18,20-23,26-27H,3-7,9-14H2,1-2H3/t18?,20-,21+,22?,23-,24-,25+/m0/s1. The summed E-state index contributed by atoms with van der Waals surface area (Å²) in [6.07, 6.45) is 17.8. The molecule has 3 saturated carbocycles. The largest absolute Gasteiger partial charge is 0.393 e. The van der Waals surface area contributed by atoms with E-state index in [1.165, 1.54) is 56.9 Å². The fraction of sp³-hybridized carbons (Fsp3) is 0.840. The Hall–Kier alpha value is -0.600. The molecule has 0 aliphatic heterocycles. The number of aliphatic hydroxyl groups excluding tert-OH is 2. The normalized spacial score (nSPS) is 50.3. The Bertz CT molecular complexity index is 657. The SMILES string of the molecule is C[C@]12CCC(O)CC1=CC(O)[C@@H]1[C@H]2CC[C@]2(C)C(C3CCCCC3)=CC[C@@H]12. The lowest BCUT2D eigenvalue weighted by atomic mass is 9.46. The second-order valence-electron chi connectivity index (χ2n) is 11.0. The molecule has 27 heavy (non-hydrogen) atoms. The van der Waals surface area contributed by atoms with Crippen LogP contribution < -0.4 is 0 Å². The van der Waals surface area contributed by atoms with E-state index in [-0.39, 0.29) is 17.6 Å². The molecule has 2 unspecified atom stereocenters. The Kier molecular flexibility index (Phi) is 4.41. The zero-order valence-corrected chi connectivity index (χ0v) is 17.3. The summed E-state index contributed by atoms with van der Waals surface area (Å²) in [7, 11) is 0. The first kappa shape index (κ1) is 18.4. The van der Waals surface area contributed by atoms with Gasteiger partial charge in [-0.3, -0.25) is 0 Å². The van der Waals surface area contributed by atoms with Gasteiger partial charge in [0.2, 0.25) is 0 Å². The number of rotatable bonds is 1. The van der Waals surface area contributed by atoms with E-state index in [1.54, 1.807) is 5.57 Å². The molecule has 2 nitrogen and oxygen atoms in total. The molecular weight excluding hydrogens is 332 g/mol. The zero-order chi connectivity index (χ0) is 18.8. The van der Waals surface area contributed by atoms with Gasteiger partial charge in [-0.1, -0.05) is 56.4 Å². The van der Waals surface area contributed by atoms with E-state index in [2.05, 4.69) is 26.0 Å². The summed E-state index contributed by atoms with van der Waals surface area (Å²) in [5, 5.41) is 21.4. The predicted molar refractivity (Wildman–Crippen MR) is 109 cm³/mol. The minimum atomic E-state index is -0.313. The van der Waals surface area contributed by atoms with Crippen LogP contribution in [0, 0.1) is 34.5 Å². The molecule has 0 bridgehead atoms. The number of aliphatic hydroxyl groups is 2. The van der Waals surface area contributed by atoms with Gasteiger partial charge in [-0.15, -0.1) is 0 Å². The molecule has 7 atom stereocenters. The third-order valence-electron chi connectivity index (χ3n) is 9.79. The van der Waals surface area contributed by atoms with Gasteiger partial charge < -0.3 is 10.2 Å². The highest BCUT2D eigenvalue weighted by Crippen LogP contribution is 2.66. The lowest BCUT2D eigenvalue weighted by Gasteiger charge is -2.59. The zero-order valence-electron chi connectivity index (χ0n) is 17.3. The molecule has 0 aromatic carbocycles. The highest BCUT2D eigenvalue weighted by molar-refractivity contribution is 5.33. The molecule has 0 aromatic heterocycles. The molecule has 2 N–H and O–H groups in total. The monoisotopic (exact) mass is 370 g/mol. The van der Waals surface area contributed by atoms with Gasteiger partial charge in [0.05, 0.1) is 12.2 Å². The van der Waals surface area contributed by atoms with Crippen molar-refractivity contribution in [3.8, 4) is 0 Å². The molecule has 0 spiro atoms. The van der Waals surface area contributed by atoms with Crippen molar-refractivity contribution in [3.63, 3.8) is 0 Å². The van der Waals surface area contributed by atoms with Crippen LogP contribution in [0.15, 0.2) is 23.3 Å². The molecule has 0 radical (unpaired) electrons. The van der Waals surface area contributed by atoms with Crippen molar-refractivity contribution in [2.75, 3.05) is 0 Å². The lowest BCUT2D eigenvalue weighted by molar-refractivity contribution is -0.0794. The molecule has 0 saturated heterocycles. The van der Waals surface area contributed by atoms with E-state index in [1.807, 2.05) is 0 Å². The van der Waals surface area contributed by atoms with Gasteiger partial charge >= 0.3 is 0 Å². The lowest BCUT2D eigenvalue weighted by Crippen LogP contribution is -2.54. The van der Waals surface area contributed by atoms with Gasteiger partial charge in [-0.2, -0.15) is 0 Å². The van der Waals surface area contributed by atoms with Crippen LogP contribution >= 0.6 is 0 Å². The van der Waals surface area contributed by atoms with E-state index in [4.69, 9.17) is 0 Å². The molecule has 3 fully saturated rings. The fourth-order valence-corrected chi connectivity index (χ4v) is 8.28. The summed E-state index contributed by atoms with van der Waals surface area (Å²) in [6.45, 7) is 4.99. The van der Waals surface area contributed by atoms with Gasteiger partial charge in [0.25, 0.3) is 0 Å². The first-order chi connectivity index (χ1) is 12.9. The average Bonchev–Trinajstić information content (AvgIpc) is 3.01. The summed E-state index contributed by atoms with van der Waals surface area (Å²) < 4.78 is 0. The van der Waals surface area contributed by atoms with Crippen LogP contribution in [-0.2, 0) is 0 Å². The van der Waals surface area contributed by atoms with Crippen molar-refractivity contribution in [3.05, 3.63) is 23.3 Å². The number of fused-ring (bicyclic) bond motifs is 5. The molecule has 150 valence electrons. The first-order valence-corrected chi connectivity index (χ1v) is 11.7. The first-order valence-electron chi connectivity index (χ1n) is 11.7. The van der Waals surface area contributed by atoms with Crippen LogP contribution in [0.25, 0.3) is 0 Å². The Morgan fingerprint density at radius 1 is 0.889 bits per heavy atom. The number of hydrogen-bond donors (Lipinski definition) is 2. The maximum atomic E-state index is 11.2. The van der Waals surface area contributed by atoms with Crippen molar-refractivity contribution >= 4 is 0 Å². The van der Waals surface area contributed by atoms with Crippen LogP contribution in [0.2, 0.25) is 0 Å². The van der Waals surface area contributed by atoms with Crippen LogP contribution in [0.1, 0.15) is 84.5 Å². The van der Waals surface area contributed by atoms with Crippen LogP contribution in [0.3, 0.4) is 0 Å². The Labute approximate surface area is 165 Å². The minimum Gasteiger partial charge on any atom is -0.393 e. The maximum Gasteiger partial charge on any atom is 0.0757 e. The van der Waals surface area contributed by atoms with Crippen molar-refractivity contribution in [1.82, 2.24) is 0 Å². The highest BCUT2D eigenvalue weighted by Gasteiger charge is 2.59. The molecule has 5 rings (SSSR count). The molecule has 2 heteroatoms.